The second kappa shape index (κ2) is 10.3. The van der Waals surface area contributed by atoms with Gasteiger partial charge in [-0.25, -0.2) is 0 Å². The minimum atomic E-state index is 0. The summed E-state index contributed by atoms with van der Waals surface area (Å²) in [5.41, 5.74) is 1.15. The van der Waals surface area contributed by atoms with E-state index in [9.17, 15) is 0 Å². The van der Waals surface area contributed by atoms with Gasteiger partial charge in [0.05, 0.1) is 19.1 Å². The van der Waals surface area contributed by atoms with Gasteiger partial charge in [-0.1, -0.05) is 12.1 Å². The zero-order chi connectivity index (χ0) is 17.5. The molecule has 1 aliphatic heterocycles. The number of aliphatic imine (C=N–C) groups is 1. The van der Waals surface area contributed by atoms with E-state index >= 15 is 0 Å². The summed E-state index contributed by atoms with van der Waals surface area (Å²) in [5, 5.41) is 6.86. The SMILES string of the molecule is CN=C(NCCc1ccco1)NC1CCN(c2ccccc2OC)C1.I. The molecule has 1 atom stereocenters. The molecule has 2 aromatic rings. The number of para-hydroxylation sites is 2. The van der Waals surface area contributed by atoms with E-state index in [1.54, 1.807) is 20.4 Å². The number of halogens is 1. The van der Waals surface area contributed by atoms with Crippen molar-refractivity contribution in [2.75, 3.05) is 38.7 Å². The number of nitrogens with zero attached hydrogens (tertiary/aromatic N) is 2. The fourth-order valence-electron chi connectivity index (χ4n) is 3.13. The van der Waals surface area contributed by atoms with Gasteiger partial charge in [0, 0.05) is 39.1 Å². The second-order valence-electron chi connectivity index (χ2n) is 6.08. The Kier molecular flexibility index (Phi) is 8.08. The Balaban J connectivity index is 0.00000243. The van der Waals surface area contributed by atoms with Gasteiger partial charge < -0.3 is 24.7 Å². The van der Waals surface area contributed by atoms with E-state index in [0.29, 0.717) is 6.04 Å². The molecule has 0 aliphatic carbocycles. The number of anilines is 1. The molecule has 0 amide bonds. The molecule has 6 nitrogen and oxygen atoms in total. The van der Waals surface area contributed by atoms with Crippen LogP contribution in [0.5, 0.6) is 5.75 Å². The number of nitrogens with one attached hydrogen (secondary N) is 2. The molecule has 0 bridgehead atoms. The molecule has 0 radical (unpaired) electrons. The first kappa shape index (κ1) is 20.4. The van der Waals surface area contributed by atoms with Gasteiger partial charge in [-0.05, 0) is 30.7 Å². The van der Waals surface area contributed by atoms with E-state index in [4.69, 9.17) is 9.15 Å². The van der Waals surface area contributed by atoms with Crippen LogP contribution in [0.4, 0.5) is 5.69 Å². The Labute approximate surface area is 172 Å². The summed E-state index contributed by atoms with van der Waals surface area (Å²) in [7, 11) is 3.52. The first-order valence-electron chi connectivity index (χ1n) is 8.67. The van der Waals surface area contributed by atoms with Gasteiger partial charge in [-0.3, -0.25) is 4.99 Å². The van der Waals surface area contributed by atoms with Crippen LogP contribution in [0.3, 0.4) is 0 Å². The Morgan fingerprint density at radius 2 is 2.15 bits per heavy atom. The Morgan fingerprint density at radius 1 is 1.31 bits per heavy atom. The van der Waals surface area contributed by atoms with Crippen molar-refractivity contribution in [1.29, 1.82) is 0 Å². The molecular formula is C19H27IN4O2. The molecule has 2 heterocycles. The molecule has 7 heteroatoms. The molecule has 1 aliphatic rings. The highest BCUT2D eigenvalue weighted by atomic mass is 127. The molecule has 1 unspecified atom stereocenters. The smallest absolute Gasteiger partial charge is 0.191 e. The van der Waals surface area contributed by atoms with Crippen molar-refractivity contribution in [2.45, 2.75) is 18.9 Å². The van der Waals surface area contributed by atoms with Crippen LogP contribution in [-0.2, 0) is 6.42 Å². The molecule has 26 heavy (non-hydrogen) atoms. The van der Waals surface area contributed by atoms with Crippen molar-refractivity contribution in [3.8, 4) is 5.75 Å². The lowest BCUT2D eigenvalue weighted by atomic mass is 10.2. The van der Waals surface area contributed by atoms with Crippen LogP contribution in [-0.4, -0.2) is 45.8 Å². The van der Waals surface area contributed by atoms with E-state index in [-0.39, 0.29) is 24.0 Å². The predicted octanol–water partition coefficient (Wildman–Crippen LogP) is 2.89. The van der Waals surface area contributed by atoms with Crippen LogP contribution >= 0.6 is 24.0 Å². The highest BCUT2D eigenvalue weighted by molar-refractivity contribution is 14.0. The number of hydrogen-bond acceptors (Lipinski definition) is 4. The molecule has 1 saturated heterocycles. The quantitative estimate of drug-likeness (QED) is 0.387. The fraction of sp³-hybridized carbons (Fsp3) is 0.421. The molecule has 1 aromatic heterocycles. The predicted molar refractivity (Wildman–Crippen MR) is 116 cm³/mol. The van der Waals surface area contributed by atoms with Gasteiger partial charge in [0.25, 0.3) is 0 Å². The lowest BCUT2D eigenvalue weighted by Crippen LogP contribution is -2.45. The van der Waals surface area contributed by atoms with Crippen LogP contribution in [0.15, 0.2) is 52.1 Å². The van der Waals surface area contributed by atoms with Crippen molar-refractivity contribution < 1.29 is 9.15 Å². The third-order valence-corrected chi connectivity index (χ3v) is 4.42. The van der Waals surface area contributed by atoms with Gasteiger partial charge in [0.2, 0.25) is 0 Å². The van der Waals surface area contributed by atoms with Gasteiger partial charge in [-0.15, -0.1) is 24.0 Å². The molecule has 142 valence electrons. The molecule has 0 saturated carbocycles. The molecular weight excluding hydrogens is 443 g/mol. The van der Waals surface area contributed by atoms with Crippen LogP contribution in [0.25, 0.3) is 0 Å². The maximum Gasteiger partial charge on any atom is 0.191 e. The van der Waals surface area contributed by atoms with E-state index in [0.717, 1.165) is 55.6 Å². The van der Waals surface area contributed by atoms with Crippen LogP contribution in [0.1, 0.15) is 12.2 Å². The summed E-state index contributed by atoms with van der Waals surface area (Å²) in [5.74, 6) is 2.73. The third kappa shape index (κ3) is 5.30. The van der Waals surface area contributed by atoms with E-state index in [1.165, 1.54) is 0 Å². The fourth-order valence-corrected chi connectivity index (χ4v) is 3.13. The van der Waals surface area contributed by atoms with Crippen molar-refractivity contribution >= 4 is 35.6 Å². The van der Waals surface area contributed by atoms with Gasteiger partial charge in [-0.2, -0.15) is 0 Å². The molecule has 3 rings (SSSR count). The Hall–Kier alpha value is -1.90. The minimum absolute atomic E-state index is 0. The number of benzene rings is 1. The average molecular weight is 470 g/mol. The molecule has 1 fully saturated rings. The standard InChI is InChI=1S/C19H26N4O2.HI/c1-20-19(21-11-9-16-6-5-13-25-16)22-15-10-12-23(14-15)17-7-3-4-8-18(17)24-2;/h3-8,13,15H,9-12,14H2,1-2H3,(H2,20,21,22);1H. The van der Waals surface area contributed by atoms with E-state index < -0.39 is 0 Å². The minimum Gasteiger partial charge on any atom is -0.495 e. The number of furan rings is 1. The van der Waals surface area contributed by atoms with Crippen LogP contribution in [0.2, 0.25) is 0 Å². The normalized spacial score (nSPS) is 16.9. The summed E-state index contributed by atoms with van der Waals surface area (Å²) in [6.45, 7) is 2.72. The van der Waals surface area contributed by atoms with Gasteiger partial charge in [0.15, 0.2) is 5.96 Å². The van der Waals surface area contributed by atoms with Crippen LogP contribution < -0.4 is 20.3 Å². The largest absolute Gasteiger partial charge is 0.495 e. The van der Waals surface area contributed by atoms with Crippen molar-refractivity contribution in [3.05, 3.63) is 48.4 Å². The molecule has 2 N–H and O–H groups in total. The highest BCUT2D eigenvalue weighted by Crippen LogP contribution is 2.30. The van der Waals surface area contributed by atoms with Crippen molar-refractivity contribution in [1.82, 2.24) is 10.6 Å². The van der Waals surface area contributed by atoms with Crippen molar-refractivity contribution in [2.24, 2.45) is 4.99 Å². The second-order valence-corrected chi connectivity index (χ2v) is 6.08. The van der Waals surface area contributed by atoms with E-state index in [2.05, 4.69) is 26.6 Å². The average Bonchev–Trinajstić information content (AvgIpc) is 3.32. The monoisotopic (exact) mass is 470 g/mol. The zero-order valence-corrected chi connectivity index (χ0v) is 17.6. The highest BCUT2D eigenvalue weighted by Gasteiger charge is 2.25. The van der Waals surface area contributed by atoms with Crippen LogP contribution in [0, 0.1) is 0 Å². The zero-order valence-electron chi connectivity index (χ0n) is 15.3. The first-order valence-corrected chi connectivity index (χ1v) is 8.67. The summed E-state index contributed by atoms with van der Waals surface area (Å²) >= 11 is 0. The molecule has 0 spiro atoms. The van der Waals surface area contributed by atoms with Gasteiger partial charge >= 0.3 is 0 Å². The number of ether oxygens (including phenoxy) is 1. The summed E-state index contributed by atoms with van der Waals surface area (Å²) in [6, 6.07) is 12.4. The summed E-state index contributed by atoms with van der Waals surface area (Å²) < 4.78 is 10.8. The maximum atomic E-state index is 5.48. The Morgan fingerprint density at radius 3 is 2.88 bits per heavy atom. The van der Waals surface area contributed by atoms with E-state index in [1.807, 2.05) is 30.3 Å². The number of guanidine groups is 1. The number of rotatable bonds is 6. The summed E-state index contributed by atoms with van der Waals surface area (Å²) in [4.78, 5) is 6.68. The molecule has 1 aromatic carbocycles. The number of hydrogen-bond donors (Lipinski definition) is 2. The topological polar surface area (TPSA) is 62.0 Å². The van der Waals surface area contributed by atoms with Crippen molar-refractivity contribution in [3.63, 3.8) is 0 Å². The lowest BCUT2D eigenvalue weighted by molar-refractivity contribution is 0.415. The summed E-state index contributed by atoms with van der Waals surface area (Å²) in [6.07, 6.45) is 3.61. The maximum absolute atomic E-state index is 5.48. The Bertz CT molecular complexity index is 691. The number of methoxy groups -OCH3 is 1. The lowest BCUT2D eigenvalue weighted by Gasteiger charge is -2.22. The first-order chi connectivity index (χ1) is 12.3. The van der Waals surface area contributed by atoms with Gasteiger partial charge in [0.1, 0.15) is 11.5 Å². The third-order valence-electron chi connectivity index (χ3n) is 4.42.